The van der Waals surface area contributed by atoms with E-state index < -0.39 is 23.9 Å². The molecule has 0 aromatic heterocycles. The number of rotatable bonds is 0. The van der Waals surface area contributed by atoms with Crippen LogP contribution in [0.15, 0.2) is 0 Å². The van der Waals surface area contributed by atoms with E-state index in [9.17, 15) is 0 Å². The van der Waals surface area contributed by atoms with Crippen LogP contribution in [0, 0.1) is 0 Å². The standard InChI is InChI=1S/2C2H2O4.H4O.Pb/c2*3-1(4)2(5)6;;/h2*(H,3,4)(H,5,6);1H4;/q;;2*+2/p-4. The molecule has 0 fully saturated rings. The molecule has 0 aliphatic rings. The third kappa shape index (κ3) is 22.4. The number of carbonyl (C=O) groups excluding carboxylic acids is 4. The summed E-state index contributed by atoms with van der Waals surface area (Å²) in [5.41, 5.74) is 0. The first-order valence-electron chi connectivity index (χ1n) is 2.13. The van der Waals surface area contributed by atoms with Crippen molar-refractivity contribution in [3.63, 3.8) is 0 Å². The van der Waals surface area contributed by atoms with Crippen molar-refractivity contribution in [2.45, 2.75) is 0 Å². The van der Waals surface area contributed by atoms with E-state index in [0.29, 0.717) is 0 Å². The van der Waals surface area contributed by atoms with E-state index in [2.05, 4.69) is 0 Å². The molecule has 0 amide bonds. The first-order valence-corrected chi connectivity index (χ1v) is 2.13. The molecule has 0 aliphatic carbocycles. The molecule has 2 radical (unpaired) electrons. The van der Waals surface area contributed by atoms with E-state index in [1.165, 1.54) is 0 Å². The van der Waals surface area contributed by atoms with Gasteiger partial charge in [-0.25, -0.2) is 0 Å². The summed E-state index contributed by atoms with van der Waals surface area (Å²) < 4.78 is 0. The molecule has 4 N–H and O–H groups in total. The summed E-state index contributed by atoms with van der Waals surface area (Å²) in [6, 6.07) is 0. The van der Waals surface area contributed by atoms with Crippen molar-refractivity contribution >= 4 is 51.2 Å². The predicted octanol–water partition coefficient (Wildman–Crippen LogP) is -8.60. The van der Waals surface area contributed by atoms with Crippen LogP contribution in [0.1, 0.15) is 0 Å². The Bertz CT molecular complexity index is 173. The van der Waals surface area contributed by atoms with Crippen LogP contribution in [0.5, 0.6) is 0 Å². The van der Waals surface area contributed by atoms with Crippen molar-refractivity contribution in [1.82, 2.24) is 0 Å². The van der Waals surface area contributed by atoms with E-state index in [-0.39, 0.29) is 32.8 Å². The number of carbonyl (C=O) groups is 4. The van der Waals surface area contributed by atoms with Gasteiger partial charge in [-0.2, -0.15) is 0 Å². The maximum atomic E-state index is 8.93. The Morgan fingerprint density at radius 2 is 0.643 bits per heavy atom. The maximum Gasteiger partial charge on any atom is 2.00 e. The Balaban J connectivity index is -0.0000000625. The van der Waals surface area contributed by atoms with Crippen molar-refractivity contribution < 1.29 is 45.1 Å². The fourth-order valence-corrected chi connectivity index (χ4v) is 0. The minimum absolute atomic E-state index is 0. The number of carboxylic acids is 4. The molecule has 0 saturated carbocycles. The zero-order valence-corrected chi connectivity index (χ0v) is 10.4. The molecule has 0 spiro atoms. The van der Waals surface area contributed by atoms with Crippen molar-refractivity contribution in [2.24, 2.45) is 0 Å². The number of aliphatic carboxylic acids is 4. The van der Waals surface area contributed by atoms with Crippen LogP contribution in [0.4, 0.5) is 0 Å². The number of carboxylic acid groups (broad SMARTS) is 4. The first-order chi connectivity index (χ1) is 5.29. The Kier molecular flexibility index (Phi) is 19.3. The summed E-state index contributed by atoms with van der Waals surface area (Å²) in [5.74, 6) is -8.74. The van der Waals surface area contributed by atoms with E-state index in [0.717, 1.165) is 0 Å². The predicted molar refractivity (Wildman–Crippen MR) is 32.0 cm³/mol. The summed E-state index contributed by atoms with van der Waals surface area (Å²) in [7, 11) is 0. The van der Waals surface area contributed by atoms with Gasteiger partial charge >= 0.3 is 27.3 Å². The average molecular weight is 403 g/mol. The largest absolute Gasteiger partial charge is 2.00 e. The fourth-order valence-electron chi connectivity index (χ4n) is 0. The third-order valence-electron chi connectivity index (χ3n) is 0.333. The topological polar surface area (TPSA) is 195 Å². The molecule has 0 atom stereocenters. The SMILES string of the molecule is O=C([O-])C(=O)[O-].O=C([O-])C(=O)[O-].[OH4+2].[Pb+2]. The zero-order valence-electron chi connectivity index (χ0n) is 6.47. The van der Waals surface area contributed by atoms with Gasteiger partial charge in [-0.3, -0.25) is 0 Å². The Hall–Kier alpha value is -1.24. The molecule has 0 rings (SSSR count). The van der Waals surface area contributed by atoms with Crippen molar-refractivity contribution in [3.05, 3.63) is 0 Å². The summed E-state index contributed by atoms with van der Waals surface area (Å²) in [6.07, 6.45) is 0. The second kappa shape index (κ2) is 11.8. The van der Waals surface area contributed by atoms with Crippen molar-refractivity contribution in [2.75, 3.05) is 0 Å². The summed E-state index contributed by atoms with van der Waals surface area (Å²) in [4.78, 5) is 35.7. The second-order valence-electron chi connectivity index (χ2n) is 1.15. The number of hydrogen-bond acceptors (Lipinski definition) is 8. The van der Waals surface area contributed by atoms with Crippen LogP contribution in [0.3, 0.4) is 0 Å². The van der Waals surface area contributed by atoms with E-state index >= 15 is 0 Å². The maximum absolute atomic E-state index is 8.93. The summed E-state index contributed by atoms with van der Waals surface area (Å²) in [6.45, 7) is 0. The van der Waals surface area contributed by atoms with Crippen molar-refractivity contribution in [3.8, 4) is 0 Å². The van der Waals surface area contributed by atoms with Gasteiger partial charge in [0.1, 0.15) is 0 Å². The van der Waals surface area contributed by atoms with Crippen molar-refractivity contribution in [1.29, 1.82) is 0 Å². The molecule has 9 nitrogen and oxygen atoms in total. The quantitative estimate of drug-likeness (QED) is 0.281. The van der Waals surface area contributed by atoms with Gasteiger partial charge in [0, 0.05) is 0 Å². The molecule has 0 aromatic carbocycles. The Morgan fingerprint density at radius 3 is 0.643 bits per heavy atom. The van der Waals surface area contributed by atoms with Gasteiger partial charge in [0.2, 0.25) is 0 Å². The van der Waals surface area contributed by atoms with E-state index in [4.69, 9.17) is 39.6 Å². The molecule has 78 valence electrons. The summed E-state index contributed by atoms with van der Waals surface area (Å²) >= 11 is 0. The zero-order chi connectivity index (χ0) is 10.3. The molecule has 0 heterocycles. The van der Waals surface area contributed by atoms with Crippen LogP contribution in [-0.2, 0) is 24.7 Å². The number of hydrogen-bond donors (Lipinski definition) is 0. The molecular formula is C4H4O9Pb. The molecule has 14 heavy (non-hydrogen) atoms. The normalized spacial score (nSPS) is 6.29. The van der Waals surface area contributed by atoms with Gasteiger partial charge in [0.15, 0.2) is 0 Å². The van der Waals surface area contributed by atoms with E-state index in [1.54, 1.807) is 0 Å². The van der Waals surface area contributed by atoms with Gasteiger partial charge in [-0.1, -0.05) is 0 Å². The van der Waals surface area contributed by atoms with Gasteiger partial charge in [0.25, 0.3) is 0 Å². The van der Waals surface area contributed by atoms with Gasteiger partial charge in [-0.05, 0) is 0 Å². The smallest absolute Gasteiger partial charge is 0.873 e. The molecule has 0 bridgehead atoms. The van der Waals surface area contributed by atoms with Gasteiger partial charge in [-0.15, -0.1) is 0 Å². The molecule has 0 saturated heterocycles. The molecule has 0 unspecified atom stereocenters. The van der Waals surface area contributed by atoms with Crippen LogP contribution in [0.25, 0.3) is 0 Å². The molecule has 10 heteroatoms. The third-order valence-corrected chi connectivity index (χ3v) is 0.333. The molecule has 0 aliphatic heterocycles. The fraction of sp³-hybridized carbons (Fsp3) is 0. The first kappa shape index (κ1) is 23.0. The minimum atomic E-state index is -2.19. The second-order valence-corrected chi connectivity index (χ2v) is 1.15. The van der Waals surface area contributed by atoms with Crippen LogP contribution >= 0.6 is 0 Å². The Labute approximate surface area is 96.4 Å². The monoisotopic (exact) mass is 404 g/mol. The van der Waals surface area contributed by atoms with Crippen LogP contribution < -0.4 is 20.4 Å². The average Bonchev–Trinajstić information content (AvgIpc) is 1.88. The molecule has 0 aromatic rings. The van der Waals surface area contributed by atoms with Crippen LogP contribution in [0.2, 0.25) is 0 Å². The van der Waals surface area contributed by atoms with Gasteiger partial charge < -0.3 is 45.1 Å². The van der Waals surface area contributed by atoms with Gasteiger partial charge in [0.05, 0.1) is 23.9 Å². The minimum Gasteiger partial charge on any atom is -0.873 e. The Morgan fingerprint density at radius 1 is 0.571 bits per heavy atom. The van der Waals surface area contributed by atoms with Crippen LogP contribution in [-0.4, -0.2) is 51.2 Å². The van der Waals surface area contributed by atoms with E-state index in [1.807, 2.05) is 0 Å². The summed E-state index contributed by atoms with van der Waals surface area (Å²) in [5, 5.41) is 35.7. The molecular weight excluding hydrogens is 399 g/mol.